The lowest BCUT2D eigenvalue weighted by atomic mass is 9.77. The zero-order valence-corrected chi connectivity index (χ0v) is 41.8. The lowest BCUT2D eigenvalue weighted by Crippen LogP contribution is -2.55. The van der Waals surface area contributed by atoms with Gasteiger partial charge in [-0.15, -0.1) is 11.3 Å². The molecule has 0 spiro atoms. The molecule has 4 aromatic carbocycles. The monoisotopic (exact) mass is 1010 g/mol. The highest BCUT2D eigenvalue weighted by atomic mass is 32.1. The number of aromatic nitrogens is 1. The van der Waals surface area contributed by atoms with Gasteiger partial charge in [-0.1, -0.05) is 51.6 Å². The van der Waals surface area contributed by atoms with Crippen LogP contribution < -0.4 is 34.6 Å². The summed E-state index contributed by atoms with van der Waals surface area (Å²) in [6.07, 6.45) is -6.42. The molecule has 18 heteroatoms. The van der Waals surface area contributed by atoms with E-state index in [1.165, 1.54) is 6.07 Å². The summed E-state index contributed by atoms with van der Waals surface area (Å²) in [5.74, 6) is -1.77. The first-order chi connectivity index (χ1) is 34.0. The molecule has 3 N–H and O–H groups in total. The number of nitrogens with zero attached hydrogens (tertiary/aromatic N) is 4. The second-order valence-electron chi connectivity index (χ2n) is 19.4. The van der Waals surface area contributed by atoms with Gasteiger partial charge in [0.1, 0.15) is 41.8 Å². The van der Waals surface area contributed by atoms with Crippen LogP contribution in [0.5, 0.6) is 17.2 Å². The van der Waals surface area contributed by atoms with E-state index >= 15 is 0 Å². The van der Waals surface area contributed by atoms with Crippen molar-refractivity contribution < 1.29 is 51.7 Å². The molecule has 7 rings (SSSR count). The van der Waals surface area contributed by atoms with E-state index in [0.29, 0.717) is 22.9 Å². The number of alkyl halides is 3. The summed E-state index contributed by atoms with van der Waals surface area (Å²) in [4.78, 5) is 63.1. The van der Waals surface area contributed by atoms with Crippen molar-refractivity contribution in [3.63, 3.8) is 0 Å². The Balaban J connectivity index is 0.879. The van der Waals surface area contributed by atoms with Gasteiger partial charge in [-0.3, -0.25) is 24.1 Å². The Morgan fingerprint density at radius 3 is 2.07 bits per heavy atom. The first-order valence-corrected chi connectivity index (χ1v) is 24.2. The maximum absolute atomic E-state index is 14.2. The summed E-state index contributed by atoms with van der Waals surface area (Å²) in [5, 5.41) is 25.7. The number of carbonyl (C=O) groups is 4. The minimum absolute atomic E-state index is 0.0654. The van der Waals surface area contributed by atoms with Gasteiger partial charge in [0, 0.05) is 18.2 Å². The second kappa shape index (κ2) is 21.2. The maximum atomic E-state index is 14.2. The molecule has 0 bridgehead atoms. The van der Waals surface area contributed by atoms with E-state index in [2.05, 4.69) is 22.2 Å². The molecule has 0 radical (unpaired) electrons. The van der Waals surface area contributed by atoms with E-state index < -0.39 is 70.2 Å². The Kier molecular flexibility index (Phi) is 15.5. The second-order valence-corrected chi connectivity index (χ2v) is 20.3. The summed E-state index contributed by atoms with van der Waals surface area (Å²) >= 11 is 1.56. The highest BCUT2D eigenvalue weighted by molar-refractivity contribution is 7.13. The molecule has 14 nitrogen and oxygen atoms in total. The number of hydrogen-bond donors (Lipinski definition) is 3. The van der Waals surface area contributed by atoms with Crippen molar-refractivity contribution in [3.8, 4) is 33.8 Å². The van der Waals surface area contributed by atoms with Gasteiger partial charge in [0.25, 0.3) is 11.8 Å². The first kappa shape index (κ1) is 52.6. The Morgan fingerprint density at radius 1 is 0.917 bits per heavy atom. The molecule has 2 aliphatic rings. The number of nitrogens with one attached hydrogen (secondary N) is 2. The normalized spacial score (nSPS) is 18.6. The summed E-state index contributed by atoms with van der Waals surface area (Å²) in [6, 6.07) is 24.9. The summed E-state index contributed by atoms with van der Waals surface area (Å²) < 4.78 is 59.0. The number of benzene rings is 4. The molecular weight excluding hydrogens is 950 g/mol. The van der Waals surface area contributed by atoms with Crippen molar-refractivity contribution in [3.05, 3.63) is 131 Å². The molecule has 3 amide bonds. The minimum Gasteiger partial charge on any atom is -0.490 e. The van der Waals surface area contributed by atoms with Gasteiger partial charge in [0.2, 0.25) is 5.91 Å². The zero-order chi connectivity index (χ0) is 52.3. The number of hydrogen-bond acceptors (Lipinski definition) is 12. The molecule has 2 heterocycles. The van der Waals surface area contributed by atoms with Crippen molar-refractivity contribution in [2.45, 2.75) is 97.8 Å². The van der Waals surface area contributed by atoms with Crippen molar-refractivity contribution in [2.24, 2.45) is 17.3 Å². The van der Waals surface area contributed by atoms with Crippen LogP contribution in [0.2, 0.25) is 0 Å². The van der Waals surface area contributed by atoms with E-state index in [1.54, 1.807) is 97.1 Å². The molecule has 1 saturated carbocycles. The number of anilines is 2. The quantitative estimate of drug-likeness (QED) is 0.0756. The van der Waals surface area contributed by atoms with Gasteiger partial charge in [0.15, 0.2) is 11.9 Å². The molecule has 1 saturated heterocycles. The highest BCUT2D eigenvalue weighted by Gasteiger charge is 2.50. The fraction of sp³-hybridized carbons (Fsp3) is 0.370. The fourth-order valence-electron chi connectivity index (χ4n) is 9.01. The van der Waals surface area contributed by atoms with Crippen LogP contribution in [0.15, 0.2) is 109 Å². The fourth-order valence-corrected chi connectivity index (χ4v) is 9.82. The van der Waals surface area contributed by atoms with Crippen molar-refractivity contribution >= 4 is 46.2 Å². The van der Waals surface area contributed by atoms with E-state index in [0.717, 1.165) is 38.7 Å². The van der Waals surface area contributed by atoms with Gasteiger partial charge >= 0.3 is 6.18 Å². The van der Waals surface area contributed by atoms with E-state index in [9.17, 15) is 42.7 Å². The molecule has 5 atom stereocenters. The summed E-state index contributed by atoms with van der Waals surface area (Å²) in [7, 11) is 0. The number of nitriles is 1. The van der Waals surface area contributed by atoms with Crippen LogP contribution in [0.3, 0.4) is 0 Å². The number of carbonyl (C=O) groups excluding carboxylic acids is 4. The molecule has 2 unspecified atom stereocenters. The number of aliphatic hydroxyl groups is 1. The molecular formula is C54H57F3N6O8S. The summed E-state index contributed by atoms with van der Waals surface area (Å²) in [6.45, 7) is 16.9. The van der Waals surface area contributed by atoms with Crippen LogP contribution in [0.4, 0.5) is 24.5 Å². The number of rotatable bonds is 17. The number of halogens is 3. The average molecular weight is 1010 g/mol. The maximum Gasteiger partial charge on any atom is 0.417 e. The highest BCUT2D eigenvalue weighted by Crippen LogP contribution is 2.43. The molecule has 72 heavy (non-hydrogen) atoms. The van der Waals surface area contributed by atoms with Crippen LogP contribution in [-0.4, -0.2) is 70.6 Å². The standard InChI is InChI=1S/C54H57F3N6O8S/c1-31-47(72-30-60-31)35-11-9-34(10-12-35)29-59-50(67)44-27-39(64)26-43(44)46(65)48(52(4,5)6)61-49(66)32(2)71-42-21-19-41(20-22-42)70-24-23-69-40-17-15-37(16-18-40)63-33(3)62(51(68)53(63,7)8)38-14-13-36(28-58)45(25-38)54(55,56)57/h9-22,25,30,32,39,43-44,48,64H,3,23-24,26-27,29H2,1-2,4-8H3,(H,59,67)(H,61,66)/t32?,39-,43?,44+,48+/m0/s1. The van der Waals surface area contributed by atoms with Crippen molar-refractivity contribution in [1.29, 1.82) is 5.26 Å². The zero-order valence-electron chi connectivity index (χ0n) is 41.0. The number of Topliss-reactive ketones (excluding diaryl/α,β-unsaturated/α-hetero) is 1. The lowest BCUT2D eigenvalue weighted by Gasteiger charge is -2.34. The predicted molar refractivity (Wildman–Crippen MR) is 266 cm³/mol. The Hall–Kier alpha value is -7.23. The van der Waals surface area contributed by atoms with Crippen LogP contribution in [-0.2, 0) is 31.9 Å². The topological polar surface area (TPSA) is 183 Å². The van der Waals surface area contributed by atoms with Crippen LogP contribution in [0.1, 0.15) is 76.8 Å². The van der Waals surface area contributed by atoms with Crippen LogP contribution >= 0.6 is 11.3 Å². The SMILES string of the molecule is C=C1N(c2ccc(C#N)c(C(F)(F)F)c2)C(=O)C(C)(C)N1c1ccc(OCCOc2ccc(OC(C)C(=O)N[C@H](C(=O)C3C[C@H](O)C[C@H]3C(=O)NCc3ccc(-c4scnc4C)cc3)C(C)(C)C)cc2)cc1. The molecule has 2 fully saturated rings. The number of aliphatic hydroxyl groups excluding tert-OH is 1. The van der Waals surface area contributed by atoms with Gasteiger partial charge in [-0.05, 0) is 124 Å². The Bertz CT molecular complexity index is 2860. The van der Waals surface area contributed by atoms with Crippen LogP contribution in [0.25, 0.3) is 10.4 Å². The third-order valence-corrected chi connectivity index (χ3v) is 13.8. The van der Waals surface area contributed by atoms with E-state index in [4.69, 9.17) is 14.2 Å². The van der Waals surface area contributed by atoms with Gasteiger partial charge < -0.3 is 34.9 Å². The summed E-state index contributed by atoms with van der Waals surface area (Å²) in [5.41, 5.74) is 1.49. The number of ether oxygens (including phenoxy) is 3. The Morgan fingerprint density at radius 2 is 1.50 bits per heavy atom. The first-order valence-electron chi connectivity index (χ1n) is 23.3. The minimum atomic E-state index is -4.80. The van der Waals surface area contributed by atoms with Crippen molar-refractivity contribution in [1.82, 2.24) is 15.6 Å². The average Bonchev–Trinajstić information content (AvgIpc) is 4.00. The third kappa shape index (κ3) is 11.6. The van der Waals surface area contributed by atoms with Crippen LogP contribution in [0, 0.1) is 35.5 Å². The molecule has 1 aromatic heterocycles. The molecule has 378 valence electrons. The van der Waals surface area contributed by atoms with E-state index in [-0.39, 0.29) is 55.8 Å². The number of ketones is 1. The molecule has 1 aliphatic heterocycles. The predicted octanol–water partition coefficient (Wildman–Crippen LogP) is 9.14. The van der Waals surface area contributed by atoms with Crippen molar-refractivity contribution in [2.75, 3.05) is 23.0 Å². The van der Waals surface area contributed by atoms with E-state index in [1.807, 2.05) is 52.0 Å². The smallest absolute Gasteiger partial charge is 0.417 e. The number of amides is 3. The number of thiazole rings is 1. The third-order valence-electron chi connectivity index (χ3n) is 12.8. The van der Waals surface area contributed by atoms with Gasteiger partial charge in [-0.25, -0.2) is 4.98 Å². The van der Waals surface area contributed by atoms with Gasteiger partial charge in [0.05, 0.1) is 57.0 Å². The number of aryl methyl sites for hydroxylation is 1. The van der Waals surface area contributed by atoms with Gasteiger partial charge in [-0.2, -0.15) is 18.4 Å². The molecule has 5 aromatic rings. The largest absolute Gasteiger partial charge is 0.490 e. The Labute approximate surface area is 420 Å². The molecule has 1 aliphatic carbocycles. The lowest BCUT2D eigenvalue weighted by molar-refractivity contribution is -0.138.